The summed E-state index contributed by atoms with van der Waals surface area (Å²) in [5, 5.41) is 9.28. The Morgan fingerprint density at radius 1 is 1.43 bits per heavy atom. The van der Waals surface area contributed by atoms with Crippen LogP contribution in [0.2, 0.25) is 0 Å². The predicted octanol–water partition coefficient (Wildman–Crippen LogP) is 0.659. The van der Waals surface area contributed by atoms with Crippen LogP contribution in [-0.4, -0.2) is 28.1 Å². The molecule has 2 N–H and O–H groups in total. The number of hydrogen-bond acceptors (Lipinski definition) is 5. The third-order valence-electron chi connectivity index (χ3n) is 2.98. The second-order valence-electron chi connectivity index (χ2n) is 4.54. The van der Waals surface area contributed by atoms with Gasteiger partial charge in [-0.05, 0) is 18.6 Å². The zero-order chi connectivity index (χ0) is 15.3. The summed E-state index contributed by atoms with van der Waals surface area (Å²) in [7, 11) is -3.63. The van der Waals surface area contributed by atoms with Crippen LogP contribution in [0.25, 0.3) is 0 Å². The van der Waals surface area contributed by atoms with E-state index in [4.69, 9.17) is 0 Å². The molecule has 0 bridgehead atoms. The van der Waals surface area contributed by atoms with Crippen LogP contribution in [-0.2, 0) is 29.7 Å². The average molecular weight is 310 g/mol. The summed E-state index contributed by atoms with van der Waals surface area (Å²) in [4.78, 5) is 7.88. The molecule has 0 saturated carbocycles. The lowest BCUT2D eigenvalue weighted by atomic mass is 10.4. The van der Waals surface area contributed by atoms with E-state index >= 15 is 0 Å². The molecule has 0 aromatic carbocycles. The largest absolute Gasteiger partial charge is 0.390 e. The van der Waals surface area contributed by atoms with Crippen LogP contribution in [0, 0.1) is 0 Å². The van der Waals surface area contributed by atoms with Gasteiger partial charge in [0.05, 0.1) is 23.7 Å². The summed E-state index contributed by atoms with van der Waals surface area (Å²) in [5.74, 6) is 0. The molecular weight excluding hydrogens is 292 g/mol. The topological polar surface area (TPSA) is 97.1 Å². The van der Waals surface area contributed by atoms with Gasteiger partial charge in [-0.3, -0.25) is 0 Å². The SMILES string of the molecule is CCCn1cc(S(=O)(=O)NCc2ccncn2)cc1CO. The van der Waals surface area contributed by atoms with Gasteiger partial charge in [0, 0.05) is 24.6 Å². The first kappa shape index (κ1) is 15.6. The fourth-order valence-corrected chi connectivity index (χ4v) is 2.99. The first-order valence-electron chi connectivity index (χ1n) is 6.61. The molecule has 0 aliphatic rings. The molecular formula is C13H18N4O3S. The first-order valence-corrected chi connectivity index (χ1v) is 8.09. The normalized spacial score (nSPS) is 11.7. The number of nitrogens with one attached hydrogen (secondary N) is 1. The Bertz CT molecular complexity index is 683. The van der Waals surface area contributed by atoms with Crippen molar-refractivity contribution >= 4 is 10.0 Å². The van der Waals surface area contributed by atoms with Gasteiger partial charge in [0.2, 0.25) is 10.0 Å². The van der Waals surface area contributed by atoms with Crippen LogP contribution >= 0.6 is 0 Å². The van der Waals surface area contributed by atoms with Crippen molar-refractivity contribution in [2.24, 2.45) is 0 Å². The van der Waals surface area contributed by atoms with E-state index < -0.39 is 10.0 Å². The maximum absolute atomic E-state index is 12.2. The molecule has 0 radical (unpaired) electrons. The number of aliphatic hydroxyl groups excluding tert-OH is 1. The van der Waals surface area contributed by atoms with Gasteiger partial charge >= 0.3 is 0 Å². The fraction of sp³-hybridized carbons (Fsp3) is 0.385. The summed E-state index contributed by atoms with van der Waals surface area (Å²) in [6, 6.07) is 3.13. The van der Waals surface area contributed by atoms with Crippen molar-refractivity contribution in [2.45, 2.75) is 37.9 Å². The van der Waals surface area contributed by atoms with Crippen LogP contribution in [0.4, 0.5) is 0 Å². The van der Waals surface area contributed by atoms with Gasteiger partial charge in [0.1, 0.15) is 6.33 Å². The zero-order valence-corrected chi connectivity index (χ0v) is 12.5. The summed E-state index contributed by atoms with van der Waals surface area (Å²) in [6.07, 6.45) is 5.32. The summed E-state index contributed by atoms with van der Waals surface area (Å²) >= 11 is 0. The molecule has 0 amide bonds. The Hall–Kier alpha value is -1.77. The standard InChI is InChI=1S/C13H18N4O3S/c1-2-5-17-8-13(6-12(17)9-18)21(19,20)16-7-11-3-4-14-10-15-11/h3-4,6,8,10,16,18H,2,5,7,9H2,1H3. The smallest absolute Gasteiger partial charge is 0.242 e. The lowest BCUT2D eigenvalue weighted by molar-refractivity contribution is 0.270. The minimum atomic E-state index is -3.63. The van der Waals surface area contributed by atoms with Crippen LogP contribution < -0.4 is 4.72 Å². The highest BCUT2D eigenvalue weighted by atomic mass is 32.2. The van der Waals surface area contributed by atoms with Crippen molar-refractivity contribution in [3.63, 3.8) is 0 Å². The number of rotatable bonds is 7. The molecule has 0 atom stereocenters. The van der Waals surface area contributed by atoms with E-state index in [-0.39, 0.29) is 18.0 Å². The molecule has 7 nitrogen and oxygen atoms in total. The van der Waals surface area contributed by atoms with Crippen LogP contribution in [0.15, 0.2) is 35.7 Å². The fourth-order valence-electron chi connectivity index (χ4n) is 1.93. The Morgan fingerprint density at radius 2 is 2.24 bits per heavy atom. The molecule has 2 heterocycles. The van der Waals surface area contributed by atoms with E-state index in [0.717, 1.165) is 6.42 Å². The highest BCUT2D eigenvalue weighted by Gasteiger charge is 2.18. The molecule has 0 unspecified atom stereocenters. The van der Waals surface area contributed by atoms with Crippen molar-refractivity contribution in [2.75, 3.05) is 0 Å². The minimum absolute atomic E-state index is 0.0955. The van der Waals surface area contributed by atoms with Gasteiger partial charge in [-0.15, -0.1) is 0 Å². The molecule has 0 aliphatic carbocycles. The second-order valence-corrected chi connectivity index (χ2v) is 6.31. The Balaban J connectivity index is 2.15. The van der Waals surface area contributed by atoms with E-state index in [0.29, 0.717) is 17.9 Å². The average Bonchev–Trinajstić information content (AvgIpc) is 2.91. The third kappa shape index (κ3) is 3.87. The van der Waals surface area contributed by atoms with Crippen molar-refractivity contribution < 1.29 is 13.5 Å². The van der Waals surface area contributed by atoms with Crippen LogP contribution in [0.3, 0.4) is 0 Å². The zero-order valence-electron chi connectivity index (χ0n) is 11.7. The molecule has 2 rings (SSSR count). The molecule has 8 heteroatoms. The number of aliphatic hydroxyl groups is 1. The quantitative estimate of drug-likeness (QED) is 0.783. The van der Waals surface area contributed by atoms with E-state index in [1.54, 1.807) is 16.8 Å². The first-order chi connectivity index (χ1) is 10.1. The van der Waals surface area contributed by atoms with Crippen molar-refractivity contribution in [1.29, 1.82) is 0 Å². The van der Waals surface area contributed by atoms with Crippen molar-refractivity contribution in [1.82, 2.24) is 19.3 Å². The number of aromatic nitrogens is 3. The van der Waals surface area contributed by atoms with Crippen LogP contribution in [0.1, 0.15) is 24.7 Å². The minimum Gasteiger partial charge on any atom is -0.390 e. The Labute approximate surface area is 123 Å². The Morgan fingerprint density at radius 3 is 2.86 bits per heavy atom. The number of aryl methyl sites for hydroxylation is 1. The number of hydrogen-bond donors (Lipinski definition) is 2. The molecule has 0 aliphatic heterocycles. The molecule has 2 aromatic rings. The summed E-state index contributed by atoms with van der Waals surface area (Å²) in [6.45, 7) is 2.56. The third-order valence-corrected chi connectivity index (χ3v) is 4.35. The lowest BCUT2D eigenvalue weighted by Crippen LogP contribution is -2.23. The number of nitrogens with zero attached hydrogens (tertiary/aromatic N) is 3. The van der Waals surface area contributed by atoms with Crippen molar-refractivity contribution in [3.05, 3.63) is 42.2 Å². The monoisotopic (exact) mass is 310 g/mol. The molecule has 0 spiro atoms. The maximum atomic E-state index is 12.2. The highest BCUT2D eigenvalue weighted by molar-refractivity contribution is 7.89. The summed E-state index contributed by atoms with van der Waals surface area (Å²) < 4.78 is 28.7. The maximum Gasteiger partial charge on any atom is 0.242 e. The van der Waals surface area contributed by atoms with Gasteiger partial charge in [0.15, 0.2) is 0 Å². The lowest BCUT2D eigenvalue weighted by Gasteiger charge is -2.04. The molecule has 2 aromatic heterocycles. The van der Waals surface area contributed by atoms with Crippen LogP contribution in [0.5, 0.6) is 0 Å². The summed E-state index contributed by atoms with van der Waals surface area (Å²) in [5.41, 5.74) is 1.17. The molecule has 0 fully saturated rings. The van der Waals surface area contributed by atoms with Crippen molar-refractivity contribution in [3.8, 4) is 0 Å². The molecule has 21 heavy (non-hydrogen) atoms. The van der Waals surface area contributed by atoms with E-state index in [1.165, 1.54) is 18.6 Å². The van der Waals surface area contributed by atoms with Gasteiger partial charge in [-0.2, -0.15) is 0 Å². The van der Waals surface area contributed by atoms with E-state index in [9.17, 15) is 13.5 Å². The predicted molar refractivity (Wildman–Crippen MR) is 76.7 cm³/mol. The molecule has 0 saturated heterocycles. The van der Waals surface area contributed by atoms with E-state index in [1.807, 2.05) is 6.92 Å². The second kappa shape index (κ2) is 6.79. The number of sulfonamides is 1. The van der Waals surface area contributed by atoms with E-state index in [2.05, 4.69) is 14.7 Å². The van der Waals surface area contributed by atoms with Gasteiger partial charge in [0.25, 0.3) is 0 Å². The van der Waals surface area contributed by atoms with Gasteiger partial charge < -0.3 is 9.67 Å². The van der Waals surface area contributed by atoms with Gasteiger partial charge in [-0.25, -0.2) is 23.1 Å². The molecule has 114 valence electrons. The Kier molecular flexibility index (Phi) is 5.05. The highest BCUT2D eigenvalue weighted by Crippen LogP contribution is 2.15. The van der Waals surface area contributed by atoms with Gasteiger partial charge in [-0.1, -0.05) is 6.92 Å².